The highest BCUT2D eigenvalue weighted by molar-refractivity contribution is 5.94. The van der Waals surface area contributed by atoms with Crippen molar-refractivity contribution in [1.29, 1.82) is 0 Å². The van der Waals surface area contributed by atoms with Gasteiger partial charge >= 0.3 is 0 Å². The van der Waals surface area contributed by atoms with Gasteiger partial charge in [-0.1, -0.05) is 37.3 Å². The van der Waals surface area contributed by atoms with E-state index in [1.165, 1.54) is 0 Å². The Morgan fingerprint density at radius 3 is 2.61 bits per heavy atom. The number of benzene rings is 2. The van der Waals surface area contributed by atoms with E-state index < -0.39 is 0 Å². The van der Waals surface area contributed by atoms with Gasteiger partial charge in [0.15, 0.2) is 5.96 Å². The second kappa shape index (κ2) is 11.0. The smallest absolute Gasteiger partial charge is 0.251 e. The second-order valence-corrected chi connectivity index (χ2v) is 7.27. The largest absolute Gasteiger partial charge is 0.444 e. The van der Waals surface area contributed by atoms with E-state index in [0.717, 1.165) is 23.2 Å². The Morgan fingerprint density at radius 1 is 1.10 bits per heavy atom. The predicted molar refractivity (Wildman–Crippen MR) is 123 cm³/mol. The van der Waals surface area contributed by atoms with Crippen LogP contribution in [0.15, 0.2) is 70.3 Å². The Bertz CT molecular complexity index is 1010. The summed E-state index contributed by atoms with van der Waals surface area (Å²) >= 11 is 0. The molecular formula is C24H29N5O2. The first-order valence-electron chi connectivity index (χ1n) is 10.4. The molecule has 1 heterocycles. The molecule has 1 unspecified atom stereocenters. The molecule has 0 aliphatic heterocycles. The van der Waals surface area contributed by atoms with Crippen LogP contribution in [0.3, 0.4) is 0 Å². The Hall–Kier alpha value is -3.61. The summed E-state index contributed by atoms with van der Waals surface area (Å²) in [5.74, 6) is 1.17. The van der Waals surface area contributed by atoms with E-state index in [1.807, 2.05) is 68.4 Å². The zero-order valence-corrected chi connectivity index (χ0v) is 18.2. The van der Waals surface area contributed by atoms with Crippen molar-refractivity contribution in [3.05, 3.63) is 77.7 Å². The molecule has 0 saturated carbocycles. The number of hydrogen-bond acceptors (Lipinski definition) is 4. The number of carbonyl (C=O) groups is 1. The molecule has 162 valence electrons. The minimum atomic E-state index is -0.0565. The molecular weight excluding hydrogens is 390 g/mol. The molecule has 0 saturated heterocycles. The van der Waals surface area contributed by atoms with Gasteiger partial charge < -0.3 is 20.4 Å². The minimum Gasteiger partial charge on any atom is -0.444 e. The van der Waals surface area contributed by atoms with E-state index in [-0.39, 0.29) is 11.9 Å². The highest BCUT2D eigenvalue weighted by atomic mass is 16.3. The number of aromatic nitrogens is 1. The standard InChI is InChI=1S/C24H29N5O2/c1-4-17(2)28-22(30)20-12-8-9-18(13-20)14-26-24(25-3)27-15-21-16-31-23(29-21)19-10-6-5-7-11-19/h5-13,16-17H,4,14-15H2,1-3H3,(H,28,30)(H2,25,26,27). The molecule has 0 aliphatic carbocycles. The van der Waals surface area contributed by atoms with Crippen molar-refractivity contribution < 1.29 is 9.21 Å². The van der Waals surface area contributed by atoms with Crippen molar-refractivity contribution in [2.24, 2.45) is 4.99 Å². The zero-order chi connectivity index (χ0) is 22.1. The maximum atomic E-state index is 12.3. The maximum Gasteiger partial charge on any atom is 0.251 e. The number of oxazole rings is 1. The maximum absolute atomic E-state index is 12.3. The van der Waals surface area contributed by atoms with Crippen LogP contribution in [0.4, 0.5) is 0 Å². The van der Waals surface area contributed by atoms with Gasteiger partial charge in [0.2, 0.25) is 5.89 Å². The molecule has 0 fully saturated rings. The highest BCUT2D eigenvalue weighted by Gasteiger charge is 2.10. The summed E-state index contributed by atoms with van der Waals surface area (Å²) in [5, 5.41) is 9.48. The fourth-order valence-corrected chi connectivity index (χ4v) is 2.91. The van der Waals surface area contributed by atoms with Crippen molar-refractivity contribution in [2.45, 2.75) is 39.4 Å². The van der Waals surface area contributed by atoms with Gasteiger partial charge in [-0.25, -0.2) is 4.98 Å². The summed E-state index contributed by atoms with van der Waals surface area (Å²) in [6.45, 7) is 5.06. The summed E-state index contributed by atoms with van der Waals surface area (Å²) in [5.41, 5.74) is 3.37. The van der Waals surface area contributed by atoms with Gasteiger partial charge in [0, 0.05) is 30.8 Å². The van der Waals surface area contributed by atoms with E-state index in [1.54, 1.807) is 13.3 Å². The Morgan fingerprint density at radius 2 is 1.87 bits per heavy atom. The first kappa shape index (κ1) is 22.1. The first-order valence-corrected chi connectivity index (χ1v) is 10.4. The van der Waals surface area contributed by atoms with Crippen LogP contribution in [0.25, 0.3) is 11.5 Å². The Balaban J connectivity index is 1.53. The van der Waals surface area contributed by atoms with Crippen molar-refractivity contribution >= 4 is 11.9 Å². The molecule has 3 aromatic rings. The van der Waals surface area contributed by atoms with Gasteiger partial charge in [0.05, 0.1) is 12.2 Å². The monoisotopic (exact) mass is 419 g/mol. The molecule has 7 nitrogen and oxygen atoms in total. The van der Waals surface area contributed by atoms with Crippen LogP contribution in [-0.4, -0.2) is 29.9 Å². The molecule has 0 bridgehead atoms. The predicted octanol–water partition coefficient (Wildman–Crippen LogP) is 3.74. The third-order valence-corrected chi connectivity index (χ3v) is 4.87. The molecule has 3 rings (SSSR count). The van der Waals surface area contributed by atoms with E-state index in [2.05, 4.69) is 25.9 Å². The SMILES string of the molecule is CCC(C)NC(=O)c1cccc(CNC(=NC)NCc2coc(-c3ccccc3)n2)c1. The fourth-order valence-electron chi connectivity index (χ4n) is 2.91. The zero-order valence-electron chi connectivity index (χ0n) is 18.2. The van der Waals surface area contributed by atoms with Gasteiger partial charge in [-0.3, -0.25) is 9.79 Å². The Kier molecular flexibility index (Phi) is 7.81. The summed E-state index contributed by atoms with van der Waals surface area (Å²) in [7, 11) is 1.71. The van der Waals surface area contributed by atoms with Crippen LogP contribution in [0.5, 0.6) is 0 Å². The van der Waals surface area contributed by atoms with Crippen molar-refractivity contribution in [1.82, 2.24) is 20.9 Å². The molecule has 1 atom stereocenters. The van der Waals surface area contributed by atoms with E-state index in [0.29, 0.717) is 30.5 Å². The van der Waals surface area contributed by atoms with Crippen LogP contribution in [0, 0.1) is 0 Å². The minimum absolute atomic E-state index is 0.0565. The number of guanidine groups is 1. The summed E-state index contributed by atoms with van der Waals surface area (Å²) in [6.07, 6.45) is 2.54. The quantitative estimate of drug-likeness (QED) is 0.382. The average Bonchev–Trinajstić information content (AvgIpc) is 3.29. The third kappa shape index (κ3) is 6.44. The van der Waals surface area contributed by atoms with Crippen LogP contribution >= 0.6 is 0 Å². The number of rotatable bonds is 8. The van der Waals surface area contributed by atoms with Crippen molar-refractivity contribution in [2.75, 3.05) is 7.05 Å². The number of hydrogen-bond donors (Lipinski definition) is 3. The normalized spacial score (nSPS) is 12.3. The number of carbonyl (C=O) groups excluding carboxylic acids is 1. The molecule has 2 aromatic carbocycles. The van der Waals surface area contributed by atoms with Crippen LogP contribution in [0.2, 0.25) is 0 Å². The molecule has 31 heavy (non-hydrogen) atoms. The van der Waals surface area contributed by atoms with Gasteiger partial charge in [-0.2, -0.15) is 0 Å². The number of aliphatic imine (C=N–C) groups is 1. The molecule has 1 amide bonds. The Labute approximate surface area is 183 Å². The van der Waals surface area contributed by atoms with Gasteiger partial charge in [0.1, 0.15) is 6.26 Å². The second-order valence-electron chi connectivity index (χ2n) is 7.27. The van der Waals surface area contributed by atoms with Gasteiger partial charge in [-0.15, -0.1) is 0 Å². The molecule has 0 aliphatic rings. The van der Waals surface area contributed by atoms with Gasteiger partial charge in [-0.05, 0) is 43.2 Å². The number of amides is 1. The summed E-state index contributed by atoms with van der Waals surface area (Å²) in [6, 6.07) is 17.5. The van der Waals surface area contributed by atoms with Crippen LogP contribution in [-0.2, 0) is 13.1 Å². The van der Waals surface area contributed by atoms with Crippen LogP contribution in [0.1, 0.15) is 41.9 Å². The topological polar surface area (TPSA) is 91.5 Å². The van der Waals surface area contributed by atoms with E-state index in [4.69, 9.17) is 4.42 Å². The lowest BCUT2D eigenvalue weighted by Crippen LogP contribution is -2.36. The fraction of sp³-hybridized carbons (Fsp3) is 0.292. The molecule has 0 radical (unpaired) electrons. The van der Waals surface area contributed by atoms with Crippen molar-refractivity contribution in [3.8, 4) is 11.5 Å². The highest BCUT2D eigenvalue weighted by Crippen LogP contribution is 2.17. The molecule has 0 spiro atoms. The average molecular weight is 420 g/mol. The molecule has 1 aromatic heterocycles. The molecule has 3 N–H and O–H groups in total. The summed E-state index contributed by atoms with van der Waals surface area (Å²) < 4.78 is 5.57. The van der Waals surface area contributed by atoms with Gasteiger partial charge in [0.25, 0.3) is 5.91 Å². The molecule has 7 heteroatoms. The van der Waals surface area contributed by atoms with Crippen molar-refractivity contribution in [3.63, 3.8) is 0 Å². The number of nitrogens with zero attached hydrogens (tertiary/aromatic N) is 2. The van der Waals surface area contributed by atoms with Crippen LogP contribution < -0.4 is 16.0 Å². The third-order valence-electron chi connectivity index (χ3n) is 4.87. The van der Waals surface area contributed by atoms with E-state index in [9.17, 15) is 4.79 Å². The van der Waals surface area contributed by atoms with E-state index >= 15 is 0 Å². The summed E-state index contributed by atoms with van der Waals surface area (Å²) in [4.78, 5) is 21.1. The lowest BCUT2D eigenvalue weighted by atomic mass is 10.1. The first-order chi connectivity index (χ1) is 15.1. The number of nitrogens with one attached hydrogen (secondary N) is 3. The lowest BCUT2D eigenvalue weighted by molar-refractivity contribution is 0.0939. The lowest BCUT2D eigenvalue weighted by Gasteiger charge is -2.13.